The minimum absolute atomic E-state index is 0.0323. The van der Waals surface area contributed by atoms with Gasteiger partial charge in [0, 0.05) is 34.5 Å². The Labute approximate surface area is 172 Å². The summed E-state index contributed by atoms with van der Waals surface area (Å²) in [6.07, 6.45) is 1.64. The molecule has 2 aromatic rings. The number of carbonyl (C=O) groups is 2. The van der Waals surface area contributed by atoms with E-state index >= 15 is 0 Å². The third-order valence-corrected chi connectivity index (χ3v) is 6.74. The molecule has 2 aliphatic heterocycles. The molecule has 0 saturated heterocycles. The van der Waals surface area contributed by atoms with Crippen molar-refractivity contribution in [1.29, 1.82) is 5.26 Å². The average molecular weight is 395 g/mol. The number of hydrogen-bond acceptors (Lipinski definition) is 6. The van der Waals surface area contributed by atoms with E-state index in [-0.39, 0.29) is 23.0 Å². The SMILES string of the molecule is N#CC1=C(N)O[C@@]23c4ccccc4C(=O)[C@@]12C1=C(CCCC1=O)N3c1ccccc1. The molecular weight excluding hydrogens is 378 g/mol. The lowest BCUT2D eigenvalue weighted by Crippen LogP contribution is -2.52. The van der Waals surface area contributed by atoms with Crippen LogP contribution in [0.4, 0.5) is 5.69 Å². The molecule has 2 atom stereocenters. The number of anilines is 1. The molecule has 0 unspecified atom stereocenters. The largest absolute Gasteiger partial charge is 0.446 e. The first kappa shape index (κ1) is 17.0. The Morgan fingerprint density at radius 2 is 1.77 bits per heavy atom. The molecule has 4 aliphatic rings. The van der Waals surface area contributed by atoms with Gasteiger partial charge >= 0.3 is 0 Å². The van der Waals surface area contributed by atoms with Crippen molar-refractivity contribution < 1.29 is 14.3 Å². The maximum Gasteiger partial charge on any atom is 0.238 e. The number of Topliss-reactive ketones (excluding diaryl/α,β-unsaturated/α-hetero) is 2. The molecule has 2 aromatic carbocycles. The van der Waals surface area contributed by atoms with Crippen molar-refractivity contribution >= 4 is 17.3 Å². The van der Waals surface area contributed by atoms with Crippen molar-refractivity contribution in [3.05, 3.63) is 88.5 Å². The van der Waals surface area contributed by atoms with Crippen LogP contribution in [0.15, 0.2) is 77.3 Å². The number of ketones is 2. The maximum atomic E-state index is 14.0. The molecule has 0 fully saturated rings. The number of hydrogen-bond donors (Lipinski definition) is 1. The summed E-state index contributed by atoms with van der Waals surface area (Å²) in [5, 5.41) is 10.1. The normalized spacial score (nSPS) is 28.7. The third kappa shape index (κ3) is 1.56. The standard InChI is InChI=1S/C24H17N3O3/c25-13-17-22(26)30-24-16-10-5-4-9-15(16)21(29)23(17,24)20-18(11-6-12-19(20)28)27(24)14-7-2-1-3-8-14/h1-5,7-10H,6,11-12,26H2/t23-,24-/m0/s1. The number of para-hydroxylation sites is 1. The Morgan fingerprint density at radius 1 is 1.03 bits per heavy atom. The molecule has 0 aromatic heterocycles. The quantitative estimate of drug-likeness (QED) is 0.796. The Kier molecular flexibility index (Phi) is 3.06. The molecule has 6 rings (SSSR count). The summed E-state index contributed by atoms with van der Waals surface area (Å²) in [6.45, 7) is 0. The summed E-state index contributed by atoms with van der Waals surface area (Å²) < 4.78 is 6.34. The highest BCUT2D eigenvalue weighted by Gasteiger charge is 2.81. The van der Waals surface area contributed by atoms with Crippen LogP contribution in [0.1, 0.15) is 35.2 Å². The van der Waals surface area contributed by atoms with Crippen LogP contribution in [0.3, 0.4) is 0 Å². The molecule has 0 saturated carbocycles. The van der Waals surface area contributed by atoms with Gasteiger partial charge in [0.25, 0.3) is 0 Å². The fourth-order valence-electron chi connectivity index (χ4n) is 5.81. The molecule has 30 heavy (non-hydrogen) atoms. The second kappa shape index (κ2) is 5.39. The third-order valence-electron chi connectivity index (χ3n) is 6.74. The smallest absolute Gasteiger partial charge is 0.238 e. The van der Waals surface area contributed by atoms with E-state index in [1.807, 2.05) is 47.4 Å². The fraction of sp³-hybridized carbons (Fsp3) is 0.208. The first-order valence-corrected chi connectivity index (χ1v) is 9.94. The Balaban J connectivity index is 1.81. The van der Waals surface area contributed by atoms with E-state index in [0.717, 1.165) is 11.4 Å². The lowest BCUT2D eigenvalue weighted by molar-refractivity contribution is -0.117. The second-order valence-electron chi connectivity index (χ2n) is 7.99. The highest BCUT2D eigenvalue weighted by molar-refractivity contribution is 6.20. The van der Waals surface area contributed by atoms with Crippen LogP contribution < -0.4 is 10.6 Å². The summed E-state index contributed by atoms with van der Waals surface area (Å²) in [6, 6.07) is 18.9. The lowest BCUT2D eigenvalue weighted by atomic mass is 9.66. The average Bonchev–Trinajstić information content (AvgIpc) is 3.25. The van der Waals surface area contributed by atoms with E-state index < -0.39 is 11.1 Å². The highest BCUT2D eigenvalue weighted by atomic mass is 16.5. The highest BCUT2D eigenvalue weighted by Crippen LogP contribution is 2.72. The summed E-state index contributed by atoms with van der Waals surface area (Å²) in [4.78, 5) is 29.3. The summed E-state index contributed by atoms with van der Waals surface area (Å²) in [5.74, 6) is -0.506. The zero-order valence-electron chi connectivity index (χ0n) is 16.0. The monoisotopic (exact) mass is 395 g/mol. The number of nitrogens with zero attached hydrogens (tertiary/aromatic N) is 2. The van der Waals surface area contributed by atoms with Crippen molar-refractivity contribution in [2.45, 2.75) is 25.0 Å². The van der Waals surface area contributed by atoms with Crippen molar-refractivity contribution in [2.24, 2.45) is 11.1 Å². The van der Waals surface area contributed by atoms with Crippen molar-refractivity contribution in [1.82, 2.24) is 0 Å². The second-order valence-corrected chi connectivity index (χ2v) is 7.99. The number of allylic oxidation sites excluding steroid dienone is 1. The first-order valence-electron chi connectivity index (χ1n) is 9.94. The molecule has 6 heteroatoms. The van der Waals surface area contributed by atoms with Gasteiger partial charge in [0.15, 0.2) is 17.0 Å². The molecule has 0 radical (unpaired) electrons. The van der Waals surface area contributed by atoms with Crippen LogP contribution in [-0.4, -0.2) is 11.6 Å². The molecule has 0 bridgehead atoms. The Hall–Kier alpha value is -3.85. The van der Waals surface area contributed by atoms with E-state index in [9.17, 15) is 14.9 Å². The zero-order chi connectivity index (χ0) is 20.7. The molecule has 6 nitrogen and oxygen atoms in total. The first-order chi connectivity index (χ1) is 14.6. The number of fused-ring (bicyclic) bond motifs is 1. The van der Waals surface area contributed by atoms with Gasteiger partial charge in [-0.25, -0.2) is 0 Å². The fourth-order valence-corrected chi connectivity index (χ4v) is 5.81. The molecule has 2 N–H and O–H groups in total. The van der Waals surface area contributed by atoms with Gasteiger partial charge in [-0.1, -0.05) is 42.5 Å². The van der Waals surface area contributed by atoms with Gasteiger partial charge in [-0.15, -0.1) is 0 Å². The van der Waals surface area contributed by atoms with Gasteiger partial charge in [-0.2, -0.15) is 5.26 Å². The van der Waals surface area contributed by atoms with Crippen LogP contribution in [0.2, 0.25) is 0 Å². The van der Waals surface area contributed by atoms with Gasteiger partial charge < -0.3 is 15.4 Å². The minimum atomic E-state index is -1.57. The van der Waals surface area contributed by atoms with E-state index in [2.05, 4.69) is 6.07 Å². The molecule has 146 valence electrons. The number of nitriles is 1. The summed E-state index contributed by atoms with van der Waals surface area (Å²) in [5.41, 5.74) is 6.28. The van der Waals surface area contributed by atoms with Crippen molar-refractivity contribution in [3.63, 3.8) is 0 Å². The van der Waals surface area contributed by atoms with E-state index in [4.69, 9.17) is 10.5 Å². The number of ether oxygens (including phenoxy) is 1. The van der Waals surface area contributed by atoms with Crippen LogP contribution >= 0.6 is 0 Å². The number of carbonyl (C=O) groups excluding carboxylic acids is 2. The van der Waals surface area contributed by atoms with E-state index in [1.54, 1.807) is 12.1 Å². The van der Waals surface area contributed by atoms with Gasteiger partial charge in [-0.05, 0) is 25.0 Å². The molecule has 2 aliphatic carbocycles. The van der Waals surface area contributed by atoms with Crippen LogP contribution in [0.25, 0.3) is 0 Å². The predicted octanol–water partition coefficient (Wildman–Crippen LogP) is 3.27. The van der Waals surface area contributed by atoms with E-state index in [0.29, 0.717) is 36.0 Å². The van der Waals surface area contributed by atoms with Crippen LogP contribution in [0, 0.1) is 16.7 Å². The van der Waals surface area contributed by atoms with Crippen molar-refractivity contribution in [2.75, 3.05) is 4.90 Å². The molecular formula is C24H17N3O3. The number of benzene rings is 2. The number of rotatable bonds is 1. The number of nitrogens with two attached hydrogens (primary N) is 1. The van der Waals surface area contributed by atoms with Gasteiger partial charge in [0.05, 0.1) is 0 Å². The van der Waals surface area contributed by atoms with Crippen LogP contribution in [-0.2, 0) is 15.3 Å². The van der Waals surface area contributed by atoms with Gasteiger partial charge in [0.1, 0.15) is 11.6 Å². The summed E-state index contributed by atoms with van der Waals surface area (Å²) in [7, 11) is 0. The minimum Gasteiger partial charge on any atom is -0.446 e. The molecule has 0 spiro atoms. The molecule has 2 heterocycles. The van der Waals surface area contributed by atoms with Gasteiger partial charge in [-0.3, -0.25) is 9.59 Å². The topological polar surface area (TPSA) is 96.4 Å². The van der Waals surface area contributed by atoms with Gasteiger partial charge in [0.2, 0.25) is 11.6 Å². The Morgan fingerprint density at radius 3 is 2.53 bits per heavy atom. The predicted molar refractivity (Wildman–Crippen MR) is 108 cm³/mol. The maximum absolute atomic E-state index is 14.0. The lowest BCUT2D eigenvalue weighted by Gasteiger charge is -2.41. The molecule has 0 amide bonds. The Bertz CT molecular complexity index is 1270. The van der Waals surface area contributed by atoms with Crippen molar-refractivity contribution in [3.8, 4) is 6.07 Å². The zero-order valence-corrected chi connectivity index (χ0v) is 16.0. The summed E-state index contributed by atoms with van der Waals surface area (Å²) >= 11 is 0. The van der Waals surface area contributed by atoms with E-state index in [1.165, 1.54) is 0 Å². The van der Waals surface area contributed by atoms with Crippen LogP contribution in [0.5, 0.6) is 0 Å².